The van der Waals surface area contributed by atoms with Crippen LogP contribution >= 0.6 is 50.5 Å². The minimum Gasteiger partial charge on any atom is -0.351 e. The zero-order chi connectivity index (χ0) is 7.86. The number of hydrogen-bond acceptors (Lipinski definition) is 1. The molecule has 1 amide bonds. The normalized spacial score (nSPS) is 7.78. The van der Waals surface area contributed by atoms with E-state index in [9.17, 15) is 4.79 Å². The molecule has 0 aliphatic rings. The third kappa shape index (κ3) is 45.1. The highest BCUT2D eigenvalue weighted by atomic mass is 80.0. The van der Waals surface area contributed by atoms with Gasteiger partial charge in [-0.1, -0.05) is 0 Å². The number of hydrogen-bond donors (Lipinski definition) is 0. The Morgan fingerprint density at radius 2 is 1.44 bits per heavy atom. The van der Waals surface area contributed by atoms with Crippen molar-refractivity contribution in [2.24, 2.45) is 0 Å². The summed E-state index contributed by atoms with van der Waals surface area (Å²) < 4.78 is -0.183. The first-order chi connectivity index (χ1) is 4.00. The molecular weight excluding hydrogens is 337 g/mol. The first kappa shape index (κ1) is 13.0. The predicted molar refractivity (Wildman–Crippen MR) is 53.5 cm³/mol. The summed E-state index contributed by atoms with van der Waals surface area (Å²) in [6.07, 6.45) is 0.750. The summed E-state index contributed by atoms with van der Waals surface area (Å²) in [7, 11) is 3.38. The maximum absolute atomic E-state index is 9.43. The molecule has 0 aromatic carbocycles. The van der Waals surface area contributed by atoms with E-state index < -0.39 is 0 Å². The molecule has 0 saturated carbocycles. The van der Waals surface area contributed by atoms with Crippen LogP contribution in [0.5, 0.6) is 0 Å². The van der Waals surface area contributed by atoms with E-state index in [2.05, 4.69) is 46.5 Å². The van der Waals surface area contributed by atoms with Crippen molar-refractivity contribution in [3.8, 4) is 0 Å². The zero-order valence-electron chi connectivity index (χ0n) is 5.01. The highest BCUT2D eigenvalue weighted by Gasteiger charge is 1.77. The van der Waals surface area contributed by atoms with Crippen LogP contribution in [0.2, 0.25) is 0 Å². The Labute approximate surface area is 80.3 Å². The molecule has 0 bridgehead atoms. The van der Waals surface area contributed by atoms with Crippen LogP contribution in [0.4, 0.5) is 0 Å². The van der Waals surface area contributed by atoms with Crippen LogP contribution in [0.15, 0.2) is 0 Å². The van der Waals surface area contributed by atoms with Gasteiger partial charge in [0.1, 0.15) is 4.03 Å². The SMILES string of the molecule is BrP(Br)Br.CN(C)C=O. The Morgan fingerprint density at radius 3 is 1.44 bits per heavy atom. The Balaban J connectivity index is 0. The van der Waals surface area contributed by atoms with E-state index in [0.717, 1.165) is 6.41 Å². The second-order valence-electron chi connectivity index (χ2n) is 1.26. The number of carbonyl (C=O) groups excluding carboxylic acids is 1. The fourth-order valence-corrected chi connectivity index (χ4v) is 0. The Bertz CT molecular complexity index is 67.3. The second-order valence-corrected chi connectivity index (χ2v) is 16.6. The van der Waals surface area contributed by atoms with Crippen molar-refractivity contribution in [3.63, 3.8) is 0 Å². The summed E-state index contributed by atoms with van der Waals surface area (Å²) in [6, 6.07) is 0. The van der Waals surface area contributed by atoms with E-state index in [1.807, 2.05) is 0 Å². The number of halogens is 3. The van der Waals surface area contributed by atoms with Crippen LogP contribution < -0.4 is 0 Å². The zero-order valence-corrected chi connectivity index (χ0v) is 10.7. The summed E-state index contributed by atoms with van der Waals surface area (Å²) >= 11 is 9.51. The van der Waals surface area contributed by atoms with E-state index in [1.165, 1.54) is 4.90 Å². The third-order valence-corrected chi connectivity index (χ3v) is 0.211. The van der Waals surface area contributed by atoms with Crippen molar-refractivity contribution >= 4 is 56.9 Å². The van der Waals surface area contributed by atoms with Gasteiger partial charge in [-0.25, -0.2) is 0 Å². The molecule has 6 heteroatoms. The van der Waals surface area contributed by atoms with Gasteiger partial charge in [-0.05, 0) is 46.5 Å². The highest BCUT2D eigenvalue weighted by molar-refractivity contribution is 9.93. The van der Waals surface area contributed by atoms with E-state index in [1.54, 1.807) is 14.1 Å². The van der Waals surface area contributed by atoms with Crippen LogP contribution in [-0.2, 0) is 4.79 Å². The molecular formula is C3H7Br3NOP. The fourth-order valence-electron chi connectivity index (χ4n) is 0. The quantitative estimate of drug-likeness (QED) is 0.529. The summed E-state index contributed by atoms with van der Waals surface area (Å²) in [6.45, 7) is 0. The summed E-state index contributed by atoms with van der Waals surface area (Å²) in [4.78, 5) is 10.9. The van der Waals surface area contributed by atoms with Crippen LogP contribution in [0.3, 0.4) is 0 Å². The summed E-state index contributed by atoms with van der Waals surface area (Å²) in [5, 5.41) is 0. The number of carbonyl (C=O) groups is 1. The van der Waals surface area contributed by atoms with Gasteiger partial charge >= 0.3 is 0 Å². The molecule has 0 heterocycles. The minimum atomic E-state index is -0.183. The lowest BCUT2D eigenvalue weighted by atomic mass is 11.0. The maximum Gasteiger partial charge on any atom is 0.209 e. The third-order valence-electron chi connectivity index (χ3n) is 0.211. The van der Waals surface area contributed by atoms with E-state index in [0.29, 0.717) is 0 Å². The van der Waals surface area contributed by atoms with Crippen LogP contribution in [0.1, 0.15) is 0 Å². The van der Waals surface area contributed by atoms with Crippen LogP contribution in [-0.4, -0.2) is 25.4 Å². The lowest BCUT2D eigenvalue weighted by molar-refractivity contribution is -0.115. The van der Waals surface area contributed by atoms with Crippen molar-refractivity contribution in [2.45, 2.75) is 0 Å². The predicted octanol–water partition coefficient (Wildman–Crippen LogP) is 3.10. The van der Waals surface area contributed by atoms with Crippen LogP contribution in [0.25, 0.3) is 0 Å². The average molecular weight is 344 g/mol. The monoisotopic (exact) mass is 341 g/mol. The fraction of sp³-hybridized carbons (Fsp3) is 0.667. The van der Waals surface area contributed by atoms with Gasteiger partial charge in [0, 0.05) is 14.1 Å². The number of rotatable bonds is 1. The molecule has 0 rings (SSSR count). The van der Waals surface area contributed by atoms with Gasteiger partial charge in [0.2, 0.25) is 6.41 Å². The Morgan fingerprint density at radius 1 is 1.33 bits per heavy atom. The van der Waals surface area contributed by atoms with E-state index in [4.69, 9.17) is 0 Å². The molecule has 0 aliphatic carbocycles. The lowest BCUT2D eigenvalue weighted by Crippen LogP contribution is -2.06. The van der Waals surface area contributed by atoms with Gasteiger partial charge in [0.25, 0.3) is 0 Å². The van der Waals surface area contributed by atoms with Crippen molar-refractivity contribution < 1.29 is 4.79 Å². The van der Waals surface area contributed by atoms with Crippen molar-refractivity contribution in [2.75, 3.05) is 14.1 Å². The molecule has 56 valence electrons. The Kier molecular flexibility index (Phi) is 13.5. The van der Waals surface area contributed by atoms with Crippen molar-refractivity contribution in [3.05, 3.63) is 0 Å². The molecule has 0 radical (unpaired) electrons. The molecule has 0 saturated heterocycles. The van der Waals surface area contributed by atoms with E-state index >= 15 is 0 Å². The average Bonchev–Trinajstić information content (AvgIpc) is 1.65. The van der Waals surface area contributed by atoms with Gasteiger partial charge in [0.05, 0.1) is 0 Å². The molecule has 2 nitrogen and oxygen atoms in total. The maximum atomic E-state index is 9.43. The molecule has 0 unspecified atom stereocenters. The van der Waals surface area contributed by atoms with Crippen LogP contribution in [0, 0.1) is 0 Å². The standard InChI is InChI=1S/C3H7NO.Br3P/c1-4(2)3-5;1-4(2)3/h3H,1-2H3;. The largest absolute Gasteiger partial charge is 0.351 e. The molecule has 0 N–H and O–H groups in total. The molecule has 0 aliphatic heterocycles. The molecule has 0 fully saturated rings. The first-order valence-electron chi connectivity index (χ1n) is 1.90. The summed E-state index contributed by atoms with van der Waals surface area (Å²) in [5.41, 5.74) is 0. The molecule has 0 atom stereocenters. The highest BCUT2D eigenvalue weighted by Crippen LogP contribution is 2.59. The number of amides is 1. The van der Waals surface area contributed by atoms with E-state index in [-0.39, 0.29) is 4.03 Å². The first-order valence-corrected chi connectivity index (χ1v) is 9.29. The van der Waals surface area contributed by atoms with Gasteiger partial charge in [0.15, 0.2) is 0 Å². The molecule has 0 spiro atoms. The van der Waals surface area contributed by atoms with Crippen molar-refractivity contribution in [1.82, 2.24) is 4.90 Å². The Hall–Kier alpha value is 1.34. The van der Waals surface area contributed by atoms with Gasteiger partial charge in [-0.3, -0.25) is 4.79 Å². The molecule has 0 aromatic heterocycles. The minimum absolute atomic E-state index is 0.183. The van der Waals surface area contributed by atoms with Crippen molar-refractivity contribution in [1.29, 1.82) is 0 Å². The topological polar surface area (TPSA) is 20.3 Å². The van der Waals surface area contributed by atoms with Gasteiger partial charge < -0.3 is 4.90 Å². The lowest BCUT2D eigenvalue weighted by Gasteiger charge is -1.93. The second kappa shape index (κ2) is 9.34. The molecule has 9 heavy (non-hydrogen) atoms. The number of nitrogens with zero attached hydrogens (tertiary/aromatic N) is 1. The van der Waals surface area contributed by atoms with Gasteiger partial charge in [-0.15, -0.1) is 0 Å². The molecule has 0 aromatic rings. The summed E-state index contributed by atoms with van der Waals surface area (Å²) in [5.74, 6) is 0. The smallest absolute Gasteiger partial charge is 0.209 e. The van der Waals surface area contributed by atoms with Gasteiger partial charge in [-0.2, -0.15) is 0 Å².